The first-order valence-corrected chi connectivity index (χ1v) is 10.4. The summed E-state index contributed by atoms with van der Waals surface area (Å²) >= 11 is 0. The third kappa shape index (κ3) is 6.32. The zero-order chi connectivity index (χ0) is 21.2. The number of methoxy groups -OCH3 is 2. The van der Waals surface area contributed by atoms with Crippen molar-refractivity contribution < 1.29 is 14.3 Å². The summed E-state index contributed by atoms with van der Waals surface area (Å²) in [5.74, 6) is 2.41. The Morgan fingerprint density at radius 1 is 1.10 bits per heavy atom. The monoisotopic (exact) mass is 413 g/mol. The minimum absolute atomic E-state index is 0.0610. The van der Waals surface area contributed by atoms with Crippen molar-refractivity contribution in [1.82, 2.24) is 20.2 Å². The molecule has 0 aliphatic carbocycles. The van der Waals surface area contributed by atoms with E-state index in [1.54, 1.807) is 26.6 Å². The number of aromatic nitrogens is 2. The molecule has 0 spiro atoms. The van der Waals surface area contributed by atoms with Crippen molar-refractivity contribution in [3.63, 3.8) is 0 Å². The summed E-state index contributed by atoms with van der Waals surface area (Å²) in [5.41, 5.74) is 0.979. The van der Waals surface area contributed by atoms with Crippen LogP contribution in [-0.4, -0.2) is 74.3 Å². The summed E-state index contributed by atoms with van der Waals surface area (Å²) in [4.78, 5) is 25.5. The average Bonchev–Trinajstić information content (AvgIpc) is 2.81. The molecule has 0 saturated carbocycles. The van der Waals surface area contributed by atoms with Gasteiger partial charge in [0.1, 0.15) is 11.5 Å². The van der Waals surface area contributed by atoms with Gasteiger partial charge in [-0.05, 0) is 49.2 Å². The first-order valence-electron chi connectivity index (χ1n) is 10.4. The van der Waals surface area contributed by atoms with Crippen LogP contribution in [0.5, 0.6) is 11.5 Å². The van der Waals surface area contributed by atoms with E-state index >= 15 is 0 Å². The van der Waals surface area contributed by atoms with Crippen molar-refractivity contribution in [2.24, 2.45) is 0 Å². The number of hydrogen-bond donors (Lipinski definition) is 1. The highest BCUT2D eigenvalue weighted by molar-refractivity contribution is 5.76. The van der Waals surface area contributed by atoms with Crippen LogP contribution in [0.15, 0.2) is 36.7 Å². The summed E-state index contributed by atoms with van der Waals surface area (Å²) in [5, 5.41) is 3.03. The maximum Gasteiger partial charge on any atom is 0.225 e. The van der Waals surface area contributed by atoms with Crippen molar-refractivity contribution in [3.8, 4) is 11.5 Å². The largest absolute Gasteiger partial charge is 0.497 e. The SMILES string of the molecule is COc1ccc(OC)c(CCC(=O)NCCCN2CCN(c3ncccn3)CC2)c1. The Balaban J connectivity index is 1.31. The van der Waals surface area contributed by atoms with Crippen LogP contribution in [-0.2, 0) is 11.2 Å². The highest BCUT2D eigenvalue weighted by atomic mass is 16.5. The quantitative estimate of drug-likeness (QED) is 0.595. The molecule has 3 rings (SSSR count). The summed E-state index contributed by atoms with van der Waals surface area (Å²) < 4.78 is 10.6. The lowest BCUT2D eigenvalue weighted by Crippen LogP contribution is -2.47. The Morgan fingerprint density at radius 2 is 1.87 bits per heavy atom. The Bertz CT molecular complexity index is 795. The molecule has 0 radical (unpaired) electrons. The predicted octanol–water partition coefficient (Wildman–Crippen LogP) is 1.75. The number of piperazine rings is 1. The second-order valence-corrected chi connectivity index (χ2v) is 7.26. The smallest absolute Gasteiger partial charge is 0.225 e. The maximum absolute atomic E-state index is 12.2. The van der Waals surface area contributed by atoms with Crippen LogP contribution < -0.4 is 19.7 Å². The molecule has 0 unspecified atom stereocenters. The van der Waals surface area contributed by atoms with E-state index in [2.05, 4.69) is 25.1 Å². The number of aryl methyl sites for hydroxylation is 1. The lowest BCUT2D eigenvalue weighted by molar-refractivity contribution is -0.121. The third-order valence-electron chi connectivity index (χ3n) is 5.29. The molecule has 1 aromatic heterocycles. The fraction of sp³-hybridized carbons (Fsp3) is 0.500. The molecule has 8 heteroatoms. The fourth-order valence-electron chi connectivity index (χ4n) is 3.57. The number of nitrogens with zero attached hydrogens (tertiary/aromatic N) is 4. The van der Waals surface area contributed by atoms with Crippen molar-refractivity contribution in [3.05, 3.63) is 42.2 Å². The summed E-state index contributed by atoms with van der Waals surface area (Å²) in [6.45, 7) is 5.50. The van der Waals surface area contributed by atoms with Gasteiger partial charge in [-0.1, -0.05) is 0 Å². The number of hydrogen-bond acceptors (Lipinski definition) is 7. The van der Waals surface area contributed by atoms with Crippen molar-refractivity contribution in [2.75, 3.05) is 58.4 Å². The van der Waals surface area contributed by atoms with E-state index in [1.165, 1.54) is 0 Å². The van der Waals surface area contributed by atoms with Crippen LogP contribution in [0.25, 0.3) is 0 Å². The molecule has 0 atom stereocenters. The zero-order valence-electron chi connectivity index (χ0n) is 17.8. The van der Waals surface area contributed by atoms with Gasteiger partial charge in [0.05, 0.1) is 14.2 Å². The Hall–Kier alpha value is -2.87. The van der Waals surface area contributed by atoms with Gasteiger partial charge < -0.3 is 19.7 Å². The first-order chi connectivity index (χ1) is 14.7. The van der Waals surface area contributed by atoms with Gasteiger partial charge in [-0.3, -0.25) is 9.69 Å². The predicted molar refractivity (Wildman–Crippen MR) is 116 cm³/mol. The molecule has 1 amide bonds. The number of carbonyl (C=O) groups is 1. The lowest BCUT2D eigenvalue weighted by atomic mass is 10.1. The number of carbonyl (C=O) groups excluding carboxylic acids is 1. The average molecular weight is 414 g/mol. The van der Waals surface area contributed by atoms with Crippen molar-refractivity contribution >= 4 is 11.9 Å². The minimum atomic E-state index is 0.0610. The molecular weight excluding hydrogens is 382 g/mol. The molecule has 1 N–H and O–H groups in total. The Kier molecular flexibility index (Phi) is 8.26. The lowest BCUT2D eigenvalue weighted by Gasteiger charge is -2.34. The minimum Gasteiger partial charge on any atom is -0.497 e. The number of amides is 1. The van der Waals surface area contributed by atoms with E-state index in [0.717, 1.165) is 62.2 Å². The summed E-state index contributed by atoms with van der Waals surface area (Å²) in [6, 6.07) is 7.48. The molecule has 1 aromatic carbocycles. The van der Waals surface area contributed by atoms with E-state index < -0.39 is 0 Å². The molecule has 2 aromatic rings. The molecule has 8 nitrogen and oxygen atoms in total. The number of nitrogens with one attached hydrogen (secondary N) is 1. The van der Waals surface area contributed by atoms with E-state index in [0.29, 0.717) is 19.4 Å². The third-order valence-corrected chi connectivity index (χ3v) is 5.29. The van der Waals surface area contributed by atoms with Gasteiger partial charge in [0.25, 0.3) is 0 Å². The van der Waals surface area contributed by atoms with E-state index in [1.807, 2.05) is 24.3 Å². The molecule has 162 valence electrons. The fourth-order valence-corrected chi connectivity index (χ4v) is 3.57. The maximum atomic E-state index is 12.2. The van der Waals surface area contributed by atoms with Crippen LogP contribution in [0, 0.1) is 0 Å². The normalized spacial score (nSPS) is 14.4. The van der Waals surface area contributed by atoms with Crippen molar-refractivity contribution in [2.45, 2.75) is 19.3 Å². The Labute approximate surface area is 178 Å². The molecule has 30 heavy (non-hydrogen) atoms. The van der Waals surface area contributed by atoms with Gasteiger partial charge in [0.15, 0.2) is 0 Å². The van der Waals surface area contributed by atoms with Crippen LogP contribution >= 0.6 is 0 Å². The van der Waals surface area contributed by atoms with Gasteiger partial charge in [0, 0.05) is 51.5 Å². The van der Waals surface area contributed by atoms with E-state index in [9.17, 15) is 4.79 Å². The van der Waals surface area contributed by atoms with Crippen LogP contribution in [0.2, 0.25) is 0 Å². The molecule has 1 fully saturated rings. The number of anilines is 1. The van der Waals surface area contributed by atoms with Gasteiger partial charge in [-0.25, -0.2) is 9.97 Å². The number of benzene rings is 1. The van der Waals surface area contributed by atoms with Crippen molar-refractivity contribution in [1.29, 1.82) is 0 Å². The van der Waals surface area contributed by atoms with E-state index in [-0.39, 0.29) is 5.91 Å². The highest BCUT2D eigenvalue weighted by Gasteiger charge is 2.18. The summed E-state index contributed by atoms with van der Waals surface area (Å²) in [7, 11) is 3.27. The summed E-state index contributed by atoms with van der Waals surface area (Å²) in [6.07, 6.45) is 5.55. The zero-order valence-corrected chi connectivity index (χ0v) is 17.8. The second-order valence-electron chi connectivity index (χ2n) is 7.26. The van der Waals surface area contributed by atoms with Gasteiger partial charge in [0.2, 0.25) is 11.9 Å². The number of ether oxygens (including phenoxy) is 2. The molecule has 1 aliphatic heterocycles. The topological polar surface area (TPSA) is 79.8 Å². The Morgan fingerprint density at radius 3 is 2.57 bits per heavy atom. The number of rotatable bonds is 10. The molecule has 1 aliphatic rings. The molecule has 0 bridgehead atoms. The van der Waals surface area contributed by atoms with Crippen LogP contribution in [0.1, 0.15) is 18.4 Å². The molecule has 2 heterocycles. The standard InChI is InChI=1S/C22H31N5O3/c1-29-19-6-7-20(30-2)18(17-19)5-8-21(28)23-11-4-12-26-13-15-27(16-14-26)22-24-9-3-10-25-22/h3,6-7,9-10,17H,4-5,8,11-16H2,1-2H3,(H,23,28). The van der Waals surface area contributed by atoms with Gasteiger partial charge in [-0.2, -0.15) is 0 Å². The second kappa shape index (κ2) is 11.3. The van der Waals surface area contributed by atoms with Crippen LogP contribution in [0.3, 0.4) is 0 Å². The van der Waals surface area contributed by atoms with Crippen LogP contribution in [0.4, 0.5) is 5.95 Å². The molecule has 1 saturated heterocycles. The highest BCUT2D eigenvalue weighted by Crippen LogP contribution is 2.25. The van der Waals surface area contributed by atoms with E-state index in [4.69, 9.17) is 9.47 Å². The van der Waals surface area contributed by atoms with Gasteiger partial charge in [-0.15, -0.1) is 0 Å². The van der Waals surface area contributed by atoms with Gasteiger partial charge >= 0.3 is 0 Å². The first kappa shape index (κ1) is 21.8. The molecular formula is C22H31N5O3.